The topological polar surface area (TPSA) is 134 Å². The van der Waals surface area contributed by atoms with Crippen LogP contribution < -0.4 is 15.4 Å². The molecule has 2 N–H and O–H groups in total. The lowest BCUT2D eigenvalue weighted by atomic mass is 9.84. The number of carbonyl (C=O) groups excluding carboxylic acids is 3. The van der Waals surface area contributed by atoms with Gasteiger partial charge in [0.2, 0.25) is 15.9 Å². The summed E-state index contributed by atoms with van der Waals surface area (Å²) in [6.07, 6.45) is 0.236. The minimum absolute atomic E-state index is 0.0765. The second kappa shape index (κ2) is 9.43. The molecule has 2 aromatic rings. The first-order valence-corrected chi connectivity index (χ1v) is 13.5. The van der Waals surface area contributed by atoms with Gasteiger partial charge in [-0.05, 0) is 37.6 Å². The number of benzene rings is 2. The van der Waals surface area contributed by atoms with Crippen molar-refractivity contribution in [2.24, 2.45) is 0 Å². The monoisotopic (exact) mass is 528 g/mol. The normalized spacial score (nSPS) is 22.8. The second-order valence-electron chi connectivity index (χ2n) is 9.27. The molecule has 0 aromatic heterocycles. The number of sulfonamides is 1. The summed E-state index contributed by atoms with van der Waals surface area (Å²) in [7, 11) is -3.79. The Morgan fingerprint density at radius 3 is 2.59 bits per heavy atom. The van der Waals surface area contributed by atoms with Gasteiger partial charge in [0, 0.05) is 30.8 Å². The average Bonchev–Trinajstić information content (AvgIpc) is 3.14. The zero-order chi connectivity index (χ0) is 26.4. The third kappa shape index (κ3) is 4.24. The number of morpholine rings is 1. The highest BCUT2D eigenvalue weighted by molar-refractivity contribution is 7.89. The maximum Gasteiger partial charge on any atom is 0.326 e. The van der Waals surface area contributed by atoms with Crippen LogP contribution in [0.3, 0.4) is 0 Å². The van der Waals surface area contributed by atoms with Crippen molar-refractivity contribution in [2.45, 2.75) is 36.7 Å². The van der Waals surface area contributed by atoms with Gasteiger partial charge in [-0.15, -0.1) is 0 Å². The Balaban J connectivity index is 1.37. The van der Waals surface area contributed by atoms with Crippen LogP contribution in [0.2, 0.25) is 0 Å². The second-order valence-corrected chi connectivity index (χ2v) is 11.2. The Hall–Kier alpha value is -3.48. The molecule has 37 heavy (non-hydrogen) atoms. The predicted octanol–water partition coefficient (Wildman–Crippen LogP) is 1.57. The first kappa shape index (κ1) is 25.2. The highest BCUT2D eigenvalue weighted by Gasteiger charge is 2.56. The number of urea groups is 1. The fourth-order valence-corrected chi connectivity index (χ4v) is 6.60. The molecule has 2 aromatic carbocycles. The van der Waals surface area contributed by atoms with Gasteiger partial charge < -0.3 is 20.1 Å². The molecule has 4 amide bonds. The highest BCUT2D eigenvalue weighted by Crippen LogP contribution is 2.41. The van der Waals surface area contributed by atoms with E-state index in [-0.39, 0.29) is 36.7 Å². The summed E-state index contributed by atoms with van der Waals surface area (Å²) < 4.78 is 38.6. The van der Waals surface area contributed by atoms with E-state index in [1.165, 1.54) is 17.3 Å². The molecule has 11 nitrogen and oxygen atoms in total. The largest absolute Gasteiger partial charge is 0.493 e. The molecule has 5 rings (SSSR count). The van der Waals surface area contributed by atoms with Crippen molar-refractivity contribution in [1.82, 2.24) is 14.5 Å². The van der Waals surface area contributed by atoms with E-state index in [0.717, 1.165) is 4.90 Å². The zero-order valence-corrected chi connectivity index (χ0v) is 21.3. The minimum atomic E-state index is -3.79. The van der Waals surface area contributed by atoms with Gasteiger partial charge in [-0.2, -0.15) is 4.31 Å². The van der Waals surface area contributed by atoms with Gasteiger partial charge in [0.1, 0.15) is 11.8 Å². The number of para-hydroxylation sites is 1. The van der Waals surface area contributed by atoms with Crippen LogP contribution in [0.15, 0.2) is 47.4 Å². The number of amides is 4. The van der Waals surface area contributed by atoms with Crippen molar-refractivity contribution < 1.29 is 32.3 Å². The summed E-state index contributed by atoms with van der Waals surface area (Å²) >= 11 is 0. The summed E-state index contributed by atoms with van der Waals surface area (Å²) in [6, 6.07) is 9.75. The van der Waals surface area contributed by atoms with Gasteiger partial charge in [-0.25, -0.2) is 18.1 Å². The number of fused-ring (bicyclic) bond motifs is 2. The van der Waals surface area contributed by atoms with Gasteiger partial charge in [0.05, 0.1) is 24.7 Å². The predicted molar refractivity (Wildman–Crippen MR) is 132 cm³/mol. The Bertz CT molecular complexity index is 1370. The van der Waals surface area contributed by atoms with Crippen molar-refractivity contribution >= 4 is 33.6 Å². The van der Waals surface area contributed by atoms with E-state index >= 15 is 0 Å². The van der Waals surface area contributed by atoms with Gasteiger partial charge in [-0.1, -0.05) is 24.3 Å². The van der Waals surface area contributed by atoms with Crippen molar-refractivity contribution in [1.29, 1.82) is 0 Å². The number of carbonyl (C=O) groups is 3. The minimum Gasteiger partial charge on any atom is -0.493 e. The number of rotatable bonds is 5. The standard InChI is InChI=1S/C25H28N4O7S/c1-16-7-8-18(15-21(16)37(33,34)28-10-13-35-14-11-28)26-22(30)17(2)29-23(31)25(27-24(29)32)9-12-36-20-6-4-3-5-19(20)25/h3-8,15,17H,9-14H2,1-2H3,(H,26,30)(H,27,32)/t17-,25+/m1/s1. The summed E-state index contributed by atoms with van der Waals surface area (Å²) in [5, 5.41) is 5.45. The summed E-state index contributed by atoms with van der Waals surface area (Å²) in [5.74, 6) is -0.648. The number of anilines is 1. The fraction of sp³-hybridized carbons (Fsp3) is 0.400. The van der Waals surface area contributed by atoms with E-state index in [1.807, 2.05) is 0 Å². The lowest BCUT2D eigenvalue weighted by Crippen LogP contribution is -2.49. The fourth-order valence-electron chi connectivity index (χ4n) is 4.94. The van der Waals surface area contributed by atoms with Crippen LogP contribution in [0.4, 0.5) is 10.5 Å². The Kier molecular flexibility index (Phi) is 6.42. The van der Waals surface area contributed by atoms with E-state index in [2.05, 4.69) is 10.6 Å². The van der Waals surface area contributed by atoms with Crippen molar-refractivity contribution in [3.63, 3.8) is 0 Å². The molecule has 0 radical (unpaired) electrons. The van der Waals surface area contributed by atoms with E-state index < -0.39 is 39.4 Å². The molecule has 1 spiro atoms. The molecule has 0 unspecified atom stereocenters. The first-order chi connectivity index (χ1) is 17.6. The summed E-state index contributed by atoms with van der Waals surface area (Å²) in [5.41, 5.74) is 0.0226. The van der Waals surface area contributed by atoms with Crippen molar-refractivity contribution in [3.05, 3.63) is 53.6 Å². The molecule has 0 aliphatic carbocycles. The molecule has 196 valence electrons. The van der Waals surface area contributed by atoms with Crippen molar-refractivity contribution in [2.75, 3.05) is 38.2 Å². The molecule has 2 atom stereocenters. The number of nitrogens with one attached hydrogen (secondary N) is 2. The van der Waals surface area contributed by atoms with Gasteiger partial charge in [0.25, 0.3) is 5.91 Å². The number of imide groups is 1. The van der Waals surface area contributed by atoms with Crippen LogP contribution in [0.25, 0.3) is 0 Å². The van der Waals surface area contributed by atoms with Crippen LogP contribution in [0.5, 0.6) is 5.75 Å². The molecule has 3 aliphatic rings. The summed E-state index contributed by atoms with van der Waals surface area (Å²) in [4.78, 5) is 40.7. The molecule has 3 heterocycles. The third-order valence-electron chi connectivity index (χ3n) is 7.01. The SMILES string of the molecule is Cc1ccc(NC(=O)[C@@H](C)N2C(=O)N[C@]3(CCOc4ccccc43)C2=O)cc1S(=O)(=O)N1CCOCC1. The molecular formula is C25H28N4O7S. The number of aryl methyl sites for hydroxylation is 1. The number of hydrogen-bond acceptors (Lipinski definition) is 7. The number of ether oxygens (including phenoxy) is 2. The molecule has 12 heteroatoms. The van der Waals surface area contributed by atoms with Crippen LogP contribution in [0.1, 0.15) is 24.5 Å². The Labute approximate surface area is 214 Å². The Morgan fingerprint density at radius 2 is 1.84 bits per heavy atom. The number of nitrogens with zero attached hydrogens (tertiary/aromatic N) is 2. The van der Waals surface area contributed by atoms with Crippen LogP contribution in [0, 0.1) is 6.92 Å². The molecule has 2 saturated heterocycles. The van der Waals surface area contributed by atoms with Crippen LogP contribution in [-0.2, 0) is 29.9 Å². The van der Waals surface area contributed by atoms with Crippen LogP contribution in [-0.4, -0.2) is 74.4 Å². The quantitative estimate of drug-likeness (QED) is 0.563. The summed E-state index contributed by atoms with van der Waals surface area (Å²) in [6.45, 7) is 4.50. The molecule has 2 fully saturated rings. The smallest absolute Gasteiger partial charge is 0.326 e. The van der Waals surface area contributed by atoms with Gasteiger partial charge >= 0.3 is 6.03 Å². The van der Waals surface area contributed by atoms with Gasteiger partial charge in [-0.3, -0.25) is 9.59 Å². The maximum absolute atomic E-state index is 13.6. The average molecular weight is 529 g/mol. The highest BCUT2D eigenvalue weighted by atomic mass is 32.2. The van der Waals surface area contributed by atoms with Crippen LogP contribution >= 0.6 is 0 Å². The lowest BCUT2D eigenvalue weighted by molar-refractivity contribution is -0.137. The molecule has 3 aliphatic heterocycles. The van der Waals surface area contributed by atoms with E-state index in [9.17, 15) is 22.8 Å². The first-order valence-electron chi connectivity index (χ1n) is 12.0. The molecule has 0 saturated carbocycles. The third-order valence-corrected chi connectivity index (χ3v) is 9.06. The van der Waals surface area contributed by atoms with E-state index in [4.69, 9.17) is 9.47 Å². The van der Waals surface area contributed by atoms with Crippen molar-refractivity contribution in [3.8, 4) is 5.75 Å². The number of hydrogen-bond donors (Lipinski definition) is 2. The molecular weight excluding hydrogens is 500 g/mol. The Morgan fingerprint density at radius 1 is 1.11 bits per heavy atom. The van der Waals surface area contributed by atoms with E-state index in [1.54, 1.807) is 43.3 Å². The van der Waals surface area contributed by atoms with E-state index in [0.29, 0.717) is 30.1 Å². The maximum atomic E-state index is 13.6. The zero-order valence-electron chi connectivity index (χ0n) is 20.5. The molecule has 0 bridgehead atoms. The van der Waals surface area contributed by atoms with Gasteiger partial charge in [0.15, 0.2) is 5.54 Å². The lowest BCUT2D eigenvalue weighted by Gasteiger charge is -2.33.